The molecule has 1 fully saturated rings. The van der Waals surface area contributed by atoms with Gasteiger partial charge in [-0.05, 0) is 50.8 Å². The lowest BCUT2D eigenvalue weighted by molar-refractivity contribution is 0.234. The van der Waals surface area contributed by atoms with Gasteiger partial charge in [0.15, 0.2) is 0 Å². The van der Waals surface area contributed by atoms with Gasteiger partial charge in [0.05, 0.1) is 6.61 Å². The molecule has 17 heavy (non-hydrogen) atoms. The van der Waals surface area contributed by atoms with Gasteiger partial charge in [-0.2, -0.15) is 0 Å². The molecule has 2 rings (SSSR count). The van der Waals surface area contributed by atoms with Crippen LogP contribution in [0.4, 0.5) is 0 Å². The van der Waals surface area contributed by atoms with E-state index in [1.54, 1.807) is 0 Å². The summed E-state index contributed by atoms with van der Waals surface area (Å²) in [5.74, 6) is 1.89. The molecule has 2 heteroatoms. The van der Waals surface area contributed by atoms with E-state index in [0.29, 0.717) is 6.04 Å². The maximum atomic E-state index is 5.65. The van der Waals surface area contributed by atoms with E-state index in [1.165, 1.54) is 19.3 Å². The summed E-state index contributed by atoms with van der Waals surface area (Å²) in [6, 6.07) is 10.7. The molecule has 1 aromatic carbocycles. The Morgan fingerprint density at radius 3 is 2.71 bits per heavy atom. The first kappa shape index (κ1) is 12.4. The van der Waals surface area contributed by atoms with Crippen LogP contribution in [-0.4, -0.2) is 19.2 Å². The van der Waals surface area contributed by atoms with Crippen LogP contribution in [0.3, 0.4) is 0 Å². The fourth-order valence-corrected chi connectivity index (χ4v) is 2.22. The van der Waals surface area contributed by atoms with Crippen LogP contribution < -0.4 is 10.1 Å². The molecule has 1 unspecified atom stereocenters. The highest BCUT2D eigenvalue weighted by atomic mass is 16.5. The van der Waals surface area contributed by atoms with Crippen LogP contribution in [0.1, 0.15) is 32.6 Å². The molecule has 1 aromatic rings. The highest BCUT2D eigenvalue weighted by molar-refractivity contribution is 5.20. The van der Waals surface area contributed by atoms with Crippen molar-refractivity contribution in [1.29, 1.82) is 0 Å². The maximum Gasteiger partial charge on any atom is 0.119 e. The van der Waals surface area contributed by atoms with Crippen molar-refractivity contribution in [2.75, 3.05) is 13.2 Å². The van der Waals surface area contributed by atoms with Gasteiger partial charge in [0, 0.05) is 6.04 Å². The standard InChI is InChI=1S/C15H23NO/c1-13(14-7-5-8-14)16-11-6-12-17-15-9-3-2-4-10-15/h2-4,9-10,13-14,16H,5-8,11-12H2,1H3. The molecule has 0 radical (unpaired) electrons. The molecule has 94 valence electrons. The molecule has 0 amide bonds. The Balaban J connectivity index is 1.51. The SMILES string of the molecule is CC(NCCCOc1ccccc1)C1CCC1. The molecule has 1 N–H and O–H groups in total. The highest BCUT2D eigenvalue weighted by Crippen LogP contribution is 2.29. The van der Waals surface area contributed by atoms with Crippen LogP contribution in [0.2, 0.25) is 0 Å². The second-order valence-corrected chi connectivity index (χ2v) is 4.95. The van der Waals surface area contributed by atoms with Crippen molar-refractivity contribution in [2.45, 2.75) is 38.6 Å². The van der Waals surface area contributed by atoms with Crippen molar-refractivity contribution < 1.29 is 4.74 Å². The summed E-state index contributed by atoms with van der Waals surface area (Å²) < 4.78 is 5.65. The predicted molar refractivity (Wildman–Crippen MR) is 71.4 cm³/mol. The molecule has 0 aromatic heterocycles. The molecule has 0 aliphatic heterocycles. The third-order valence-corrected chi connectivity index (χ3v) is 3.66. The van der Waals surface area contributed by atoms with Crippen LogP contribution in [0.15, 0.2) is 30.3 Å². The van der Waals surface area contributed by atoms with Gasteiger partial charge in [-0.1, -0.05) is 24.6 Å². The second kappa shape index (κ2) is 6.65. The summed E-state index contributed by atoms with van der Waals surface area (Å²) in [5, 5.41) is 3.59. The zero-order chi connectivity index (χ0) is 11.9. The van der Waals surface area contributed by atoms with Gasteiger partial charge in [0.1, 0.15) is 5.75 Å². The van der Waals surface area contributed by atoms with E-state index >= 15 is 0 Å². The van der Waals surface area contributed by atoms with E-state index in [2.05, 4.69) is 12.2 Å². The Hall–Kier alpha value is -1.02. The molecule has 1 atom stereocenters. The Morgan fingerprint density at radius 1 is 1.29 bits per heavy atom. The Bertz CT molecular complexity index is 308. The minimum Gasteiger partial charge on any atom is -0.494 e. The van der Waals surface area contributed by atoms with E-state index in [1.807, 2.05) is 30.3 Å². The lowest BCUT2D eigenvalue weighted by atomic mass is 9.80. The van der Waals surface area contributed by atoms with E-state index in [9.17, 15) is 0 Å². The number of rotatable bonds is 7. The molecule has 1 saturated carbocycles. The number of hydrogen-bond acceptors (Lipinski definition) is 2. The molecule has 0 spiro atoms. The van der Waals surface area contributed by atoms with E-state index in [4.69, 9.17) is 4.74 Å². The monoisotopic (exact) mass is 233 g/mol. The van der Waals surface area contributed by atoms with E-state index in [-0.39, 0.29) is 0 Å². The zero-order valence-electron chi connectivity index (χ0n) is 10.7. The van der Waals surface area contributed by atoms with Crippen molar-refractivity contribution >= 4 is 0 Å². The second-order valence-electron chi connectivity index (χ2n) is 4.95. The average molecular weight is 233 g/mol. The number of hydrogen-bond donors (Lipinski definition) is 1. The lowest BCUT2D eigenvalue weighted by Crippen LogP contribution is -2.37. The highest BCUT2D eigenvalue weighted by Gasteiger charge is 2.22. The summed E-state index contributed by atoms with van der Waals surface area (Å²) in [4.78, 5) is 0. The first-order chi connectivity index (χ1) is 8.36. The van der Waals surface area contributed by atoms with Crippen LogP contribution in [0.25, 0.3) is 0 Å². The van der Waals surface area contributed by atoms with Gasteiger partial charge in [0.2, 0.25) is 0 Å². The van der Waals surface area contributed by atoms with Crippen molar-refractivity contribution in [3.63, 3.8) is 0 Å². The average Bonchev–Trinajstić information content (AvgIpc) is 2.27. The topological polar surface area (TPSA) is 21.3 Å². The lowest BCUT2D eigenvalue weighted by Gasteiger charge is -2.32. The fraction of sp³-hybridized carbons (Fsp3) is 0.600. The third kappa shape index (κ3) is 4.04. The van der Waals surface area contributed by atoms with Crippen LogP contribution in [0, 0.1) is 5.92 Å². The number of ether oxygens (including phenoxy) is 1. The van der Waals surface area contributed by atoms with Gasteiger partial charge in [-0.3, -0.25) is 0 Å². The van der Waals surface area contributed by atoms with E-state index in [0.717, 1.165) is 31.2 Å². The van der Waals surface area contributed by atoms with Crippen molar-refractivity contribution in [1.82, 2.24) is 5.32 Å². The number of para-hydroxylation sites is 1. The molecule has 0 saturated heterocycles. The molecular weight excluding hydrogens is 210 g/mol. The fourth-order valence-electron chi connectivity index (χ4n) is 2.22. The van der Waals surface area contributed by atoms with Crippen LogP contribution in [-0.2, 0) is 0 Å². The van der Waals surface area contributed by atoms with Crippen LogP contribution >= 0.6 is 0 Å². The van der Waals surface area contributed by atoms with Gasteiger partial charge < -0.3 is 10.1 Å². The maximum absolute atomic E-state index is 5.65. The van der Waals surface area contributed by atoms with Gasteiger partial charge in [-0.25, -0.2) is 0 Å². The van der Waals surface area contributed by atoms with Crippen molar-refractivity contribution in [2.24, 2.45) is 5.92 Å². The Morgan fingerprint density at radius 2 is 2.06 bits per heavy atom. The first-order valence-corrected chi connectivity index (χ1v) is 6.77. The molecule has 0 heterocycles. The smallest absolute Gasteiger partial charge is 0.119 e. The Labute approximate surface area is 104 Å². The molecule has 0 bridgehead atoms. The van der Waals surface area contributed by atoms with Gasteiger partial charge in [-0.15, -0.1) is 0 Å². The summed E-state index contributed by atoms with van der Waals surface area (Å²) in [7, 11) is 0. The molecular formula is C15H23NO. The minimum absolute atomic E-state index is 0.681. The summed E-state index contributed by atoms with van der Waals surface area (Å²) in [6.07, 6.45) is 5.32. The molecule has 1 aliphatic rings. The quantitative estimate of drug-likeness (QED) is 0.730. The summed E-state index contributed by atoms with van der Waals surface area (Å²) >= 11 is 0. The molecule has 1 aliphatic carbocycles. The zero-order valence-corrected chi connectivity index (χ0v) is 10.7. The van der Waals surface area contributed by atoms with Gasteiger partial charge in [0.25, 0.3) is 0 Å². The Kier molecular flexibility index (Phi) is 4.87. The summed E-state index contributed by atoms with van der Waals surface area (Å²) in [6.45, 7) is 4.17. The van der Waals surface area contributed by atoms with Crippen molar-refractivity contribution in [3.8, 4) is 5.75 Å². The third-order valence-electron chi connectivity index (χ3n) is 3.66. The van der Waals surface area contributed by atoms with Gasteiger partial charge >= 0.3 is 0 Å². The summed E-state index contributed by atoms with van der Waals surface area (Å²) in [5.41, 5.74) is 0. The van der Waals surface area contributed by atoms with Crippen molar-refractivity contribution in [3.05, 3.63) is 30.3 Å². The normalized spacial score (nSPS) is 17.5. The number of nitrogens with one attached hydrogen (secondary N) is 1. The van der Waals surface area contributed by atoms with Crippen LogP contribution in [0.5, 0.6) is 5.75 Å². The predicted octanol–water partition coefficient (Wildman–Crippen LogP) is 3.23. The van der Waals surface area contributed by atoms with E-state index < -0.39 is 0 Å². The first-order valence-electron chi connectivity index (χ1n) is 6.77. The minimum atomic E-state index is 0.681. The largest absolute Gasteiger partial charge is 0.494 e. The molecule has 2 nitrogen and oxygen atoms in total. The number of benzene rings is 1.